The fraction of sp³-hybridized carbons (Fsp3) is 0.0667. The molecule has 2 aromatic carbocycles. The topological polar surface area (TPSA) is 55.4 Å². The number of hydrogen-bond donors (Lipinski definition) is 1. The van der Waals surface area contributed by atoms with Gasteiger partial charge in [-0.3, -0.25) is 4.79 Å². The van der Waals surface area contributed by atoms with Gasteiger partial charge in [-0.2, -0.15) is 0 Å². The van der Waals surface area contributed by atoms with E-state index in [4.69, 9.17) is 16.3 Å². The van der Waals surface area contributed by atoms with E-state index in [-0.39, 0.29) is 16.3 Å². The number of hydrogen-bond acceptors (Lipinski definition) is 3. The maximum absolute atomic E-state index is 13.6. The van der Waals surface area contributed by atoms with Crippen molar-refractivity contribution in [3.8, 4) is 0 Å². The van der Waals surface area contributed by atoms with Gasteiger partial charge in [0, 0.05) is 9.50 Å². The van der Waals surface area contributed by atoms with Crippen molar-refractivity contribution in [1.29, 1.82) is 0 Å². The van der Waals surface area contributed by atoms with Crippen LogP contribution >= 0.6 is 27.5 Å². The van der Waals surface area contributed by atoms with Crippen molar-refractivity contribution >= 4 is 45.1 Å². The molecule has 0 bridgehead atoms. The number of nitrogens with one attached hydrogen (secondary N) is 1. The quantitative estimate of drug-likeness (QED) is 0.778. The molecule has 0 saturated heterocycles. The summed E-state index contributed by atoms with van der Waals surface area (Å²) in [6.45, 7) is -0.694. The minimum Gasteiger partial charge on any atom is -0.452 e. The molecular weight excluding hydrogens is 396 g/mol. The summed E-state index contributed by atoms with van der Waals surface area (Å²) in [5.74, 6) is -3.26. The van der Waals surface area contributed by atoms with Gasteiger partial charge in [0.15, 0.2) is 6.61 Å². The fourth-order valence-electron chi connectivity index (χ4n) is 1.64. The molecule has 2 aromatic rings. The Bertz CT molecular complexity index is 770. The SMILES string of the molecule is O=C(COC(=O)c1ccc(Br)cc1F)Nc1cc(Cl)ccc1F. The first-order chi connectivity index (χ1) is 10.9. The smallest absolute Gasteiger partial charge is 0.341 e. The summed E-state index contributed by atoms with van der Waals surface area (Å²) in [5.41, 5.74) is -0.455. The Kier molecular flexibility index (Phi) is 5.68. The van der Waals surface area contributed by atoms with Crippen LogP contribution in [0.3, 0.4) is 0 Å². The number of amides is 1. The lowest BCUT2D eigenvalue weighted by atomic mass is 10.2. The van der Waals surface area contributed by atoms with E-state index in [0.29, 0.717) is 4.47 Å². The highest BCUT2D eigenvalue weighted by Gasteiger charge is 2.16. The van der Waals surface area contributed by atoms with Gasteiger partial charge in [-0.15, -0.1) is 0 Å². The van der Waals surface area contributed by atoms with E-state index in [2.05, 4.69) is 21.2 Å². The van der Waals surface area contributed by atoms with Gasteiger partial charge in [0.05, 0.1) is 11.3 Å². The van der Waals surface area contributed by atoms with Crippen LogP contribution in [0.2, 0.25) is 5.02 Å². The van der Waals surface area contributed by atoms with Crippen LogP contribution in [0.15, 0.2) is 40.9 Å². The molecule has 1 N–H and O–H groups in total. The Morgan fingerprint density at radius 1 is 1.13 bits per heavy atom. The third-order valence-electron chi connectivity index (χ3n) is 2.69. The fourth-order valence-corrected chi connectivity index (χ4v) is 2.15. The van der Waals surface area contributed by atoms with Gasteiger partial charge in [0.1, 0.15) is 11.6 Å². The molecule has 0 spiro atoms. The molecule has 0 fully saturated rings. The maximum Gasteiger partial charge on any atom is 0.341 e. The van der Waals surface area contributed by atoms with Crippen LogP contribution in [-0.4, -0.2) is 18.5 Å². The average molecular weight is 405 g/mol. The molecule has 0 unspecified atom stereocenters. The molecular formula is C15H9BrClF2NO3. The predicted octanol–water partition coefficient (Wildman–Crippen LogP) is 4.18. The Morgan fingerprint density at radius 2 is 1.87 bits per heavy atom. The van der Waals surface area contributed by atoms with E-state index in [1.807, 2.05) is 0 Å². The summed E-state index contributed by atoms with van der Waals surface area (Å²) in [4.78, 5) is 23.4. The Morgan fingerprint density at radius 3 is 2.57 bits per heavy atom. The number of carbonyl (C=O) groups is 2. The van der Waals surface area contributed by atoms with Gasteiger partial charge in [0.2, 0.25) is 0 Å². The summed E-state index contributed by atoms with van der Waals surface area (Å²) < 4.78 is 32.2. The molecule has 0 aromatic heterocycles. The largest absolute Gasteiger partial charge is 0.452 e. The number of carbonyl (C=O) groups excluding carboxylic acids is 2. The highest BCUT2D eigenvalue weighted by atomic mass is 79.9. The summed E-state index contributed by atoms with van der Waals surface area (Å²) in [6.07, 6.45) is 0. The molecule has 0 aliphatic rings. The van der Waals surface area contributed by atoms with Crippen molar-refractivity contribution in [3.05, 3.63) is 63.1 Å². The zero-order chi connectivity index (χ0) is 17.0. The highest BCUT2D eigenvalue weighted by molar-refractivity contribution is 9.10. The van der Waals surface area contributed by atoms with Crippen molar-refractivity contribution in [1.82, 2.24) is 0 Å². The third kappa shape index (κ3) is 4.74. The van der Waals surface area contributed by atoms with Gasteiger partial charge < -0.3 is 10.1 Å². The normalized spacial score (nSPS) is 10.3. The van der Waals surface area contributed by atoms with Crippen LogP contribution < -0.4 is 5.32 Å². The standard InChI is InChI=1S/C15H9BrClF2NO3/c16-8-1-3-10(12(19)5-8)15(22)23-7-14(21)20-13-6-9(17)2-4-11(13)18/h1-6H,7H2,(H,20,21). The van der Waals surface area contributed by atoms with Gasteiger partial charge in [-0.1, -0.05) is 27.5 Å². The van der Waals surface area contributed by atoms with Crippen LogP contribution in [0.1, 0.15) is 10.4 Å². The molecule has 1 amide bonds. The second-order valence-electron chi connectivity index (χ2n) is 4.37. The lowest BCUT2D eigenvalue weighted by Crippen LogP contribution is -2.21. The van der Waals surface area contributed by atoms with Gasteiger partial charge in [-0.05, 0) is 36.4 Å². The zero-order valence-corrected chi connectivity index (χ0v) is 13.7. The van der Waals surface area contributed by atoms with Crippen LogP contribution in [0.4, 0.5) is 14.5 Å². The molecule has 8 heteroatoms. The molecule has 4 nitrogen and oxygen atoms in total. The average Bonchev–Trinajstić information content (AvgIpc) is 2.48. The van der Waals surface area contributed by atoms with Crippen molar-refractivity contribution < 1.29 is 23.1 Å². The van der Waals surface area contributed by atoms with Crippen molar-refractivity contribution in [2.75, 3.05) is 11.9 Å². The molecule has 120 valence electrons. The van der Waals surface area contributed by atoms with Crippen LogP contribution in [0.25, 0.3) is 0 Å². The lowest BCUT2D eigenvalue weighted by molar-refractivity contribution is -0.119. The Labute approximate surface area is 143 Å². The van der Waals surface area contributed by atoms with Gasteiger partial charge in [0.25, 0.3) is 5.91 Å². The molecule has 0 aliphatic carbocycles. The number of esters is 1. The highest BCUT2D eigenvalue weighted by Crippen LogP contribution is 2.19. The minimum absolute atomic E-state index is 0.145. The van der Waals surface area contributed by atoms with Gasteiger partial charge >= 0.3 is 5.97 Å². The molecule has 0 atom stereocenters. The first-order valence-electron chi connectivity index (χ1n) is 6.24. The summed E-state index contributed by atoms with van der Waals surface area (Å²) in [5, 5.41) is 2.44. The van der Waals surface area contributed by atoms with Crippen LogP contribution in [0, 0.1) is 11.6 Å². The maximum atomic E-state index is 13.6. The molecule has 0 saturated carbocycles. The van der Waals surface area contributed by atoms with E-state index in [1.54, 1.807) is 0 Å². The van der Waals surface area contributed by atoms with Crippen LogP contribution in [-0.2, 0) is 9.53 Å². The number of halogens is 4. The molecule has 0 heterocycles. The van der Waals surface area contributed by atoms with Crippen LogP contribution in [0.5, 0.6) is 0 Å². The second kappa shape index (κ2) is 7.52. The van der Waals surface area contributed by atoms with Crippen molar-refractivity contribution in [2.45, 2.75) is 0 Å². The Hall–Kier alpha value is -1.99. The summed E-state index contributed by atoms with van der Waals surface area (Å²) in [7, 11) is 0. The predicted molar refractivity (Wildman–Crippen MR) is 84.4 cm³/mol. The molecule has 23 heavy (non-hydrogen) atoms. The van der Waals surface area contributed by atoms with E-state index < -0.39 is 30.1 Å². The van der Waals surface area contributed by atoms with E-state index >= 15 is 0 Å². The van der Waals surface area contributed by atoms with Gasteiger partial charge in [-0.25, -0.2) is 13.6 Å². The van der Waals surface area contributed by atoms with E-state index in [0.717, 1.165) is 12.1 Å². The third-order valence-corrected chi connectivity index (χ3v) is 3.42. The number of rotatable bonds is 4. The van der Waals surface area contributed by atoms with E-state index in [1.165, 1.54) is 24.3 Å². The second-order valence-corrected chi connectivity index (χ2v) is 5.72. The molecule has 0 aliphatic heterocycles. The van der Waals surface area contributed by atoms with Crippen molar-refractivity contribution in [3.63, 3.8) is 0 Å². The lowest BCUT2D eigenvalue weighted by Gasteiger charge is -2.08. The number of anilines is 1. The molecule has 0 radical (unpaired) electrons. The number of benzene rings is 2. The molecule has 2 rings (SSSR count). The minimum atomic E-state index is -1.00. The van der Waals surface area contributed by atoms with Crippen molar-refractivity contribution in [2.24, 2.45) is 0 Å². The first-order valence-corrected chi connectivity index (χ1v) is 7.41. The zero-order valence-electron chi connectivity index (χ0n) is 11.4. The Balaban J connectivity index is 1.96. The number of ether oxygens (including phenoxy) is 1. The summed E-state index contributed by atoms with van der Waals surface area (Å²) >= 11 is 8.74. The first kappa shape index (κ1) is 17.4. The summed E-state index contributed by atoms with van der Waals surface area (Å²) in [6, 6.07) is 7.39. The van der Waals surface area contributed by atoms with E-state index in [9.17, 15) is 18.4 Å². The monoisotopic (exact) mass is 403 g/mol.